The summed E-state index contributed by atoms with van der Waals surface area (Å²) in [5.41, 5.74) is 5.40. The first kappa shape index (κ1) is 50.4. The van der Waals surface area contributed by atoms with E-state index in [0.717, 1.165) is 6.92 Å². The first-order chi connectivity index (χ1) is 25.6. The molecule has 7 amide bonds. The topological polar surface area (TPSA) is 365 Å². The number of nitrogens with one attached hydrogen (secondary N) is 7. The molecule has 0 bridgehead atoms. The lowest BCUT2D eigenvalue weighted by atomic mass is 9.97. The van der Waals surface area contributed by atoms with E-state index in [2.05, 4.69) is 37.2 Å². The summed E-state index contributed by atoms with van der Waals surface area (Å²) < 4.78 is 0. The van der Waals surface area contributed by atoms with Crippen LogP contribution in [0.5, 0.6) is 0 Å². The normalized spacial score (nSPS) is 16.0. The number of rotatable bonds is 26. The van der Waals surface area contributed by atoms with Crippen molar-refractivity contribution >= 4 is 65.1 Å². The number of carboxylic acid groups (broad SMARTS) is 2. The maximum Gasteiger partial charge on any atom is 0.326 e. The zero-order valence-electron chi connectivity index (χ0n) is 31.6. The second-order valence-electron chi connectivity index (χ2n) is 13.0. The highest BCUT2D eigenvalue weighted by atomic mass is 32.2. The molecule has 0 fully saturated rings. The van der Waals surface area contributed by atoms with Gasteiger partial charge in [-0.1, -0.05) is 34.1 Å². The van der Waals surface area contributed by atoms with E-state index in [1.165, 1.54) is 11.8 Å². The molecule has 0 aliphatic rings. The Morgan fingerprint density at radius 3 is 1.65 bits per heavy atom. The molecule has 0 aromatic heterocycles. The number of nitrogens with two attached hydrogens (primary N) is 1. The van der Waals surface area contributed by atoms with Gasteiger partial charge in [-0.15, -0.1) is 0 Å². The Balaban J connectivity index is 5.91. The average Bonchev–Trinajstić information content (AvgIpc) is 3.12. The molecule has 0 spiro atoms. The van der Waals surface area contributed by atoms with Crippen LogP contribution in [0.4, 0.5) is 0 Å². The van der Waals surface area contributed by atoms with Crippen LogP contribution in [0, 0.1) is 11.8 Å². The number of thioether (sulfide) groups is 1. The van der Waals surface area contributed by atoms with Crippen molar-refractivity contribution in [3.05, 3.63) is 0 Å². The molecule has 0 aliphatic carbocycles. The molecule has 23 heteroatoms. The molecule has 0 saturated carbocycles. The van der Waals surface area contributed by atoms with Crippen molar-refractivity contribution in [3.8, 4) is 0 Å². The van der Waals surface area contributed by atoms with Crippen LogP contribution < -0.4 is 43.0 Å². The van der Waals surface area contributed by atoms with Gasteiger partial charge in [-0.2, -0.15) is 11.8 Å². The Labute approximate surface area is 322 Å². The third-order valence-corrected chi connectivity index (χ3v) is 8.78. The predicted octanol–water partition coefficient (Wildman–Crippen LogP) is -5.28. The Morgan fingerprint density at radius 1 is 0.655 bits per heavy atom. The van der Waals surface area contributed by atoms with Gasteiger partial charge in [0.1, 0.15) is 42.3 Å². The molecule has 0 saturated heterocycles. The quantitative estimate of drug-likeness (QED) is 0.0388. The fourth-order valence-electron chi connectivity index (χ4n) is 4.61. The van der Waals surface area contributed by atoms with Gasteiger partial charge in [0.05, 0.1) is 32.3 Å². The molecule has 9 atom stereocenters. The minimum atomic E-state index is -1.77. The van der Waals surface area contributed by atoms with Gasteiger partial charge in [-0.25, -0.2) is 4.79 Å². The minimum Gasteiger partial charge on any atom is -0.481 e. The van der Waals surface area contributed by atoms with E-state index in [-0.39, 0.29) is 12.8 Å². The second-order valence-corrected chi connectivity index (χ2v) is 14.0. The van der Waals surface area contributed by atoms with Crippen molar-refractivity contribution in [2.45, 2.75) is 102 Å². The van der Waals surface area contributed by atoms with Gasteiger partial charge in [-0.05, 0) is 37.2 Å². The van der Waals surface area contributed by atoms with E-state index in [1.807, 2.05) is 0 Å². The third kappa shape index (κ3) is 18.1. The molecule has 0 heterocycles. The largest absolute Gasteiger partial charge is 0.481 e. The summed E-state index contributed by atoms with van der Waals surface area (Å²) in [5, 5.41) is 63.6. The fraction of sp³-hybridized carbons (Fsp3) is 0.719. The highest BCUT2D eigenvalue weighted by Crippen LogP contribution is 2.11. The van der Waals surface area contributed by atoms with Crippen LogP contribution in [0.2, 0.25) is 0 Å². The molecule has 14 N–H and O–H groups in total. The summed E-state index contributed by atoms with van der Waals surface area (Å²) in [7, 11) is 0. The zero-order valence-corrected chi connectivity index (χ0v) is 32.4. The lowest BCUT2D eigenvalue weighted by Gasteiger charge is -2.28. The smallest absolute Gasteiger partial charge is 0.326 e. The van der Waals surface area contributed by atoms with Crippen LogP contribution >= 0.6 is 11.8 Å². The minimum absolute atomic E-state index is 0.0252. The van der Waals surface area contributed by atoms with Crippen LogP contribution in [0.25, 0.3) is 0 Å². The molecule has 55 heavy (non-hydrogen) atoms. The number of aliphatic hydroxyl groups is 3. The molecule has 0 aromatic carbocycles. The van der Waals surface area contributed by atoms with Gasteiger partial charge < -0.3 is 68.5 Å². The Bertz CT molecular complexity index is 1350. The van der Waals surface area contributed by atoms with Gasteiger partial charge in [0.25, 0.3) is 0 Å². The first-order valence-electron chi connectivity index (χ1n) is 17.3. The monoisotopic (exact) mass is 808 g/mol. The Hall–Kier alpha value is -4.58. The molecule has 0 aromatic rings. The number of hydrogen-bond acceptors (Lipinski definition) is 14. The van der Waals surface area contributed by atoms with Crippen molar-refractivity contribution in [3.63, 3.8) is 0 Å². The maximum absolute atomic E-state index is 13.5. The van der Waals surface area contributed by atoms with E-state index in [0.29, 0.717) is 5.75 Å². The van der Waals surface area contributed by atoms with Crippen LogP contribution in [0.1, 0.15) is 53.9 Å². The summed E-state index contributed by atoms with van der Waals surface area (Å²) in [5.74, 6) is -10.7. The van der Waals surface area contributed by atoms with E-state index < -0.39 is 140 Å². The van der Waals surface area contributed by atoms with Crippen molar-refractivity contribution in [2.75, 3.05) is 31.8 Å². The number of hydrogen-bond donors (Lipinski definition) is 13. The van der Waals surface area contributed by atoms with E-state index >= 15 is 0 Å². The summed E-state index contributed by atoms with van der Waals surface area (Å²) >= 11 is 1.32. The number of aliphatic hydroxyl groups excluding tert-OH is 3. The lowest BCUT2D eigenvalue weighted by Crippen LogP contribution is -2.61. The number of carbonyl (C=O) groups excluding carboxylic acids is 7. The number of carbonyl (C=O) groups is 9. The molecule has 0 radical (unpaired) electrons. The predicted molar refractivity (Wildman–Crippen MR) is 196 cm³/mol. The van der Waals surface area contributed by atoms with Crippen molar-refractivity contribution in [2.24, 2.45) is 17.6 Å². The van der Waals surface area contributed by atoms with E-state index in [4.69, 9.17) is 10.8 Å². The third-order valence-electron chi connectivity index (χ3n) is 8.13. The van der Waals surface area contributed by atoms with E-state index in [1.54, 1.807) is 34.0 Å². The van der Waals surface area contributed by atoms with Crippen molar-refractivity contribution in [1.29, 1.82) is 0 Å². The van der Waals surface area contributed by atoms with Crippen LogP contribution in [-0.2, 0) is 43.2 Å². The standard InChI is InChI=1S/C32H56N8O14S/c1-7-15(4)24(39-29(50)20(13-42)35-21(44)11-34-30(51)25(16(5)43)40-26(47)17(33)12-41)31(52)37-19(10-22(45)46)28(49)36-18(8-9-55-6)27(48)38-23(14(2)3)32(53)54/h14-20,23-25,41-43H,7-13,33H2,1-6H3,(H,34,51)(H,35,44)(H,36,49)(H,37,52)(H,38,48)(H,39,50)(H,40,47)(H,45,46)(H,53,54)/t15-,16+,17-,18-,19-,20-,23-,24-,25-/m0/s1. The van der Waals surface area contributed by atoms with Gasteiger partial charge in [0.2, 0.25) is 41.4 Å². The molecule has 0 unspecified atom stereocenters. The molecule has 0 rings (SSSR count). The van der Waals surface area contributed by atoms with Crippen LogP contribution in [0.15, 0.2) is 0 Å². The maximum atomic E-state index is 13.5. The second kappa shape index (κ2) is 25.5. The molecular formula is C32H56N8O14S. The number of carboxylic acids is 2. The summed E-state index contributed by atoms with van der Waals surface area (Å²) in [6.45, 7) is 4.94. The highest BCUT2D eigenvalue weighted by Gasteiger charge is 2.35. The van der Waals surface area contributed by atoms with Crippen molar-refractivity contribution < 1.29 is 68.7 Å². The van der Waals surface area contributed by atoms with Crippen LogP contribution in [0.3, 0.4) is 0 Å². The Morgan fingerprint density at radius 2 is 1.18 bits per heavy atom. The van der Waals surface area contributed by atoms with Crippen molar-refractivity contribution in [1.82, 2.24) is 37.2 Å². The molecule has 0 aliphatic heterocycles. The summed E-state index contributed by atoms with van der Waals surface area (Å²) in [4.78, 5) is 114. The van der Waals surface area contributed by atoms with Gasteiger partial charge in [0.15, 0.2) is 0 Å². The van der Waals surface area contributed by atoms with E-state index in [9.17, 15) is 63.6 Å². The zero-order chi connectivity index (χ0) is 42.6. The SMILES string of the molecule is CC[C@H](C)[C@H](NC(=O)[C@H](CO)NC(=O)CNC(=O)[C@@H](NC(=O)[C@@H](N)CO)[C@@H](C)O)C(=O)N[C@@H](CC(=O)O)C(=O)N[C@@H](CCSC)C(=O)N[C@H](C(=O)O)C(C)C. The molecule has 22 nitrogen and oxygen atoms in total. The summed E-state index contributed by atoms with van der Waals surface area (Å²) in [6.07, 6.45) is -0.395. The first-order valence-corrected chi connectivity index (χ1v) is 18.7. The number of amides is 7. The number of aliphatic carboxylic acids is 2. The van der Waals surface area contributed by atoms with Gasteiger partial charge in [-0.3, -0.25) is 38.4 Å². The van der Waals surface area contributed by atoms with Crippen LogP contribution in [-0.4, -0.2) is 159 Å². The lowest BCUT2D eigenvalue weighted by molar-refractivity contribution is -0.144. The molecular weight excluding hydrogens is 752 g/mol. The van der Waals surface area contributed by atoms with Gasteiger partial charge >= 0.3 is 11.9 Å². The Kier molecular flexibility index (Phi) is 23.4. The molecule has 314 valence electrons. The highest BCUT2D eigenvalue weighted by molar-refractivity contribution is 7.98. The van der Waals surface area contributed by atoms with Gasteiger partial charge in [0, 0.05) is 0 Å². The summed E-state index contributed by atoms with van der Waals surface area (Å²) in [6, 6.07) is -10.5. The average molecular weight is 809 g/mol. The fourth-order valence-corrected chi connectivity index (χ4v) is 5.08.